The number of thioether (sulfide) groups is 1. The van der Waals surface area contributed by atoms with E-state index in [-0.39, 0.29) is 23.0 Å². The van der Waals surface area contributed by atoms with E-state index in [1.54, 1.807) is 12.1 Å². The number of carbonyl (C=O) groups is 1. The van der Waals surface area contributed by atoms with Crippen LogP contribution in [-0.4, -0.2) is 25.9 Å². The zero-order valence-electron chi connectivity index (χ0n) is 16.4. The number of nitrogens with one attached hydrogen (secondary N) is 1. The third-order valence-corrected chi connectivity index (χ3v) is 6.41. The molecule has 1 heterocycles. The van der Waals surface area contributed by atoms with E-state index >= 15 is 0 Å². The monoisotopic (exact) mass is 410 g/mol. The zero-order chi connectivity index (χ0) is 20.4. The van der Waals surface area contributed by atoms with Crippen LogP contribution in [0.15, 0.2) is 53.7 Å². The first-order valence-electron chi connectivity index (χ1n) is 9.73. The number of hydrogen-bond acceptors (Lipinski definition) is 4. The summed E-state index contributed by atoms with van der Waals surface area (Å²) in [5.41, 5.74) is 3.33. The van der Waals surface area contributed by atoms with Crippen molar-refractivity contribution in [2.45, 2.75) is 42.6 Å². The van der Waals surface area contributed by atoms with E-state index in [9.17, 15) is 9.18 Å². The molecule has 2 aromatic carbocycles. The van der Waals surface area contributed by atoms with Crippen LogP contribution >= 0.6 is 11.8 Å². The molecule has 4 rings (SSSR count). The quantitative estimate of drug-likeness (QED) is 0.638. The standard InChI is InChI=1S/C22H23FN4OS/c1-14(21(28)24-19-9-5-7-15-6-3-4-8-18(15)19)29-22-26-25-20(27(22)2)16-10-12-17(23)13-11-16/h3-4,6,8,10-14,19H,5,7,9H2,1-2H3,(H,24,28)/t14-,19-/m1/s1. The van der Waals surface area contributed by atoms with Crippen molar-refractivity contribution in [2.75, 3.05) is 0 Å². The second-order valence-electron chi connectivity index (χ2n) is 7.28. The van der Waals surface area contributed by atoms with Crippen molar-refractivity contribution in [3.8, 4) is 11.4 Å². The number of nitrogens with zero attached hydrogens (tertiary/aromatic N) is 3. The SMILES string of the molecule is C[C@@H](Sc1nnc(-c2ccc(F)cc2)n1C)C(=O)N[C@@H]1CCCc2ccccc21. The molecule has 29 heavy (non-hydrogen) atoms. The van der Waals surface area contributed by atoms with Gasteiger partial charge in [0.2, 0.25) is 5.91 Å². The zero-order valence-corrected chi connectivity index (χ0v) is 17.2. The molecule has 1 aliphatic rings. The summed E-state index contributed by atoms with van der Waals surface area (Å²) in [7, 11) is 1.85. The van der Waals surface area contributed by atoms with Gasteiger partial charge in [-0.05, 0) is 61.6 Å². The van der Waals surface area contributed by atoms with Crippen LogP contribution in [-0.2, 0) is 18.3 Å². The fraction of sp³-hybridized carbons (Fsp3) is 0.318. The van der Waals surface area contributed by atoms with Crippen LogP contribution in [0.2, 0.25) is 0 Å². The molecule has 2 atom stereocenters. The highest BCUT2D eigenvalue weighted by Gasteiger charge is 2.25. The maximum Gasteiger partial charge on any atom is 0.233 e. The molecular weight excluding hydrogens is 387 g/mol. The van der Waals surface area contributed by atoms with Crippen molar-refractivity contribution in [3.63, 3.8) is 0 Å². The molecule has 0 fully saturated rings. The minimum Gasteiger partial charge on any atom is -0.348 e. The Morgan fingerprint density at radius 3 is 2.76 bits per heavy atom. The molecule has 0 radical (unpaired) electrons. The van der Waals surface area contributed by atoms with Crippen LogP contribution in [0.3, 0.4) is 0 Å². The average Bonchev–Trinajstić information content (AvgIpc) is 3.09. The Morgan fingerprint density at radius 2 is 1.97 bits per heavy atom. The third kappa shape index (κ3) is 4.19. The minimum absolute atomic E-state index is 0.0111. The van der Waals surface area contributed by atoms with Gasteiger partial charge in [0.15, 0.2) is 11.0 Å². The highest BCUT2D eigenvalue weighted by molar-refractivity contribution is 8.00. The molecule has 0 saturated carbocycles. The van der Waals surface area contributed by atoms with Crippen LogP contribution in [0.25, 0.3) is 11.4 Å². The van der Waals surface area contributed by atoms with Gasteiger partial charge in [0.05, 0.1) is 11.3 Å². The van der Waals surface area contributed by atoms with Crippen LogP contribution in [0.1, 0.15) is 36.9 Å². The van der Waals surface area contributed by atoms with E-state index in [2.05, 4.69) is 27.6 Å². The lowest BCUT2D eigenvalue weighted by atomic mass is 9.88. The molecule has 5 nitrogen and oxygen atoms in total. The molecule has 3 aromatic rings. The molecule has 150 valence electrons. The van der Waals surface area contributed by atoms with Crippen molar-refractivity contribution in [3.05, 3.63) is 65.5 Å². The normalized spacial score (nSPS) is 16.9. The van der Waals surface area contributed by atoms with Gasteiger partial charge in [-0.3, -0.25) is 4.79 Å². The first-order chi connectivity index (χ1) is 14.0. The first kappa shape index (κ1) is 19.6. The predicted octanol–water partition coefficient (Wildman–Crippen LogP) is 4.30. The number of aryl methyl sites for hydroxylation is 1. The molecule has 1 amide bonds. The summed E-state index contributed by atoms with van der Waals surface area (Å²) < 4.78 is 15.0. The van der Waals surface area contributed by atoms with E-state index < -0.39 is 0 Å². The molecule has 1 aliphatic carbocycles. The van der Waals surface area contributed by atoms with E-state index in [1.165, 1.54) is 35.0 Å². The van der Waals surface area contributed by atoms with Crippen molar-refractivity contribution in [1.29, 1.82) is 0 Å². The van der Waals surface area contributed by atoms with Crippen molar-refractivity contribution < 1.29 is 9.18 Å². The number of aromatic nitrogens is 3. The van der Waals surface area contributed by atoms with Crippen LogP contribution in [0.4, 0.5) is 4.39 Å². The predicted molar refractivity (Wildman–Crippen MR) is 112 cm³/mol. The Kier molecular flexibility index (Phi) is 5.67. The van der Waals surface area contributed by atoms with E-state index in [1.807, 2.05) is 30.7 Å². The van der Waals surface area contributed by atoms with Crippen molar-refractivity contribution in [2.24, 2.45) is 7.05 Å². The third-order valence-electron chi connectivity index (χ3n) is 5.27. The van der Waals surface area contributed by atoms with Gasteiger partial charge in [-0.2, -0.15) is 0 Å². The van der Waals surface area contributed by atoms with Gasteiger partial charge in [-0.1, -0.05) is 36.0 Å². The molecule has 0 spiro atoms. The molecular formula is C22H23FN4OS. The number of rotatable bonds is 5. The van der Waals surface area contributed by atoms with E-state index in [4.69, 9.17) is 0 Å². The van der Waals surface area contributed by atoms with Gasteiger partial charge in [-0.15, -0.1) is 10.2 Å². The van der Waals surface area contributed by atoms with E-state index in [0.29, 0.717) is 11.0 Å². The average molecular weight is 411 g/mol. The highest BCUT2D eigenvalue weighted by Crippen LogP contribution is 2.31. The Hall–Kier alpha value is -2.67. The van der Waals surface area contributed by atoms with Gasteiger partial charge >= 0.3 is 0 Å². The second-order valence-corrected chi connectivity index (χ2v) is 8.59. The molecule has 1 N–H and O–H groups in total. The molecule has 0 bridgehead atoms. The maximum absolute atomic E-state index is 13.2. The summed E-state index contributed by atoms with van der Waals surface area (Å²) in [4.78, 5) is 12.8. The Morgan fingerprint density at radius 1 is 1.21 bits per heavy atom. The second kappa shape index (κ2) is 8.37. The fourth-order valence-electron chi connectivity index (χ4n) is 3.67. The Bertz CT molecular complexity index is 1020. The fourth-order valence-corrected chi connectivity index (χ4v) is 4.50. The van der Waals surface area contributed by atoms with E-state index in [0.717, 1.165) is 24.8 Å². The van der Waals surface area contributed by atoms with Crippen molar-refractivity contribution in [1.82, 2.24) is 20.1 Å². The smallest absolute Gasteiger partial charge is 0.233 e. The first-order valence-corrected chi connectivity index (χ1v) is 10.6. The summed E-state index contributed by atoms with van der Waals surface area (Å²) in [6.45, 7) is 1.88. The number of carbonyl (C=O) groups excluding carboxylic acids is 1. The minimum atomic E-state index is -0.312. The lowest BCUT2D eigenvalue weighted by Gasteiger charge is -2.27. The maximum atomic E-state index is 13.2. The molecule has 7 heteroatoms. The Balaban J connectivity index is 1.44. The number of halogens is 1. The molecule has 0 unspecified atom stereocenters. The topological polar surface area (TPSA) is 59.8 Å². The van der Waals surface area contributed by atoms with Gasteiger partial charge in [-0.25, -0.2) is 4.39 Å². The Labute approximate surface area is 173 Å². The van der Waals surface area contributed by atoms with Gasteiger partial charge in [0.1, 0.15) is 5.82 Å². The summed E-state index contributed by atoms with van der Waals surface area (Å²) in [5.74, 6) is 0.337. The van der Waals surface area contributed by atoms with Crippen LogP contribution in [0.5, 0.6) is 0 Å². The largest absolute Gasteiger partial charge is 0.348 e. The number of fused-ring (bicyclic) bond motifs is 1. The number of hydrogen-bond donors (Lipinski definition) is 1. The lowest BCUT2D eigenvalue weighted by Crippen LogP contribution is -2.36. The number of benzene rings is 2. The van der Waals surface area contributed by atoms with Gasteiger partial charge in [0, 0.05) is 12.6 Å². The lowest BCUT2D eigenvalue weighted by molar-refractivity contribution is -0.121. The summed E-state index contributed by atoms with van der Waals surface area (Å²) in [5, 5.41) is 12.0. The summed E-state index contributed by atoms with van der Waals surface area (Å²) >= 11 is 1.37. The summed E-state index contributed by atoms with van der Waals surface area (Å²) in [6.07, 6.45) is 3.10. The van der Waals surface area contributed by atoms with Gasteiger partial charge < -0.3 is 9.88 Å². The van der Waals surface area contributed by atoms with Crippen LogP contribution < -0.4 is 5.32 Å². The molecule has 0 aliphatic heterocycles. The molecule has 0 saturated heterocycles. The number of amides is 1. The van der Waals surface area contributed by atoms with Crippen LogP contribution in [0, 0.1) is 5.82 Å². The summed E-state index contributed by atoms with van der Waals surface area (Å²) in [6, 6.07) is 14.5. The highest BCUT2D eigenvalue weighted by atomic mass is 32.2. The van der Waals surface area contributed by atoms with Gasteiger partial charge in [0.25, 0.3) is 0 Å². The molecule has 1 aromatic heterocycles. The van der Waals surface area contributed by atoms with Crippen molar-refractivity contribution >= 4 is 17.7 Å².